The number of hydrogen-bond acceptors (Lipinski definition) is 4. The van der Waals surface area contributed by atoms with Crippen molar-refractivity contribution in [3.05, 3.63) is 53.0 Å². The molecule has 0 aliphatic rings. The van der Waals surface area contributed by atoms with Gasteiger partial charge in [-0.2, -0.15) is 0 Å². The third kappa shape index (κ3) is 4.36. The van der Waals surface area contributed by atoms with Gasteiger partial charge in [-0.3, -0.25) is 0 Å². The van der Waals surface area contributed by atoms with Gasteiger partial charge < -0.3 is 19.6 Å². The molecule has 112 valence electrons. The normalized spacial score (nSPS) is 10.6. The number of nitrogens with one attached hydrogen (secondary N) is 1. The number of aromatic carboxylic acids is 1. The largest absolute Gasteiger partial charge is 0.492 e. The van der Waals surface area contributed by atoms with E-state index in [0.29, 0.717) is 31.2 Å². The number of carboxylic acid groups (broad SMARTS) is 1. The lowest BCUT2D eigenvalue weighted by atomic mass is 10.2. The molecule has 5 nitrogen and oxygen atoms in total. The second kappa shape index (κ2) is 6.95. The third-order valence-corrected chi connectivity index (χ3v) is 3.04. The molecule has 0 bridgehead atoms. The number of carbonyl (C=O) groups is 1. The van der Waals surface area contributed by atoms with Gasteiger partial charge in [0.2, 0.25) is 0 Å². The van der Waals surface area contributed by atoms with Crippen LogP contribution < -0.4 is 10.1 Å². The van der Waals surface area contributed by atoms with Gasteiger partial charge in [0.15, 0.2) is 0 Å². The van der Waals surface area contributed by atoms with Crippen LogP contribution in [-0.4, -0.2) is 24.2 Å². The van der Waals surface area contributed by atoms with Crippen molar-refractivity contribution in [3.8, 4) is 5.75 Å². The number of rotatable bonds is 7. The Bertz CT molecular complexity index is 618. The first-order valence-electron chi connectivity index (χ1n) is 6.79. The van der Waals surface area contributed by atoms with E-state index in [1.807, 2.05) is 31.2 Å². The maximum absolute atomic E-state index is 10.9. The molecule has 2 aromatic rings. The monoisotopic (exact) mass is 289 g/mol. The van der Waals surface area contributed by atoms with E-state index in [0.717, 1.165) is 11.3 Å². The van der Waals surface area contributed by atoms with Crippen molar-refractivity contribution in [1.82, 2.24) is 5.32 Å². The first-order valence-corrected chi connectivity index (χ1v) is 6.79. The molecule has 0 radical (unpaired) electrons. The second-order valence-electron chi connectivity index (χ2n) is 4.83. The molecule has 0 atom stereocenters. The fourth-order valence-electron chi connectivity index (χ4n) is 2.00. The van der Waals surface area contributed by atoms with Gasteiger partial charge in [0.1, 0.15) is 29.4 Å². The molecule has 0 saturated heterocycles. The summed E-state index contributed by atoms with van der Waals surface area (Å²) in [6, 6.07) is 9.42. The van der Waals surface area contributed by atoms with E-state index >= 15 is 0 Å². The third-order valence-electron chi connectivity index (χ3n) is 3.04. The summed E-state index contributed by atoms with van der Waals surface area (Å²) >= 11 is 0. The first-order chi connectivity index (χ1) is 10.1. The Balaban J connectivity index is 1.72. The minimum atomic E-state index is -0.967. The van der Waals surface area contributed by atoms with Gasteiger partial charge in [0.05, 0.1) is 6.54 Å². The van der Waals surface area contributed by atoms with E-state index in [2.05, 4.69) is 5.32 Å². The number of furan rings is 1. The zero-order chi connectivity index (χ0) is 15.2. The van der Waals surface area contributed by atoms with E-state index in [1.165, 1.54) is 0 Å². The van der Waals surface area contributed by atoms with Crippen LogP contribution in [-0.2, 0) is 6.54 Å². The molecule has 21 heavy (non-hydrogen) atoms. The van der Waals surface area contributed by atoms with Gasteiger partial charge in [-0.25, -0.2) is 4.79 Å². The molecular weight excluding hydrogens is 270 g/mol. The Morgan fingerprint density at radius 3 is 2.81 bits per heavy atom. The fraction of sp³-hybridized carbons (Fsp3) is 0.312. The summed E-state index contributed by atoms with van der Waals surface area (Å²) in [6.45, 7) is 5.33. The van der Waals surface area contributed by atoms with Crippen LogP contribution in [0.4, 0.5) is 0 Å². The highest BCUT2D eigenvalue weighted by Gasteiger charge is 2.12. The second-order valence-corrected chi connectivity index (χ2v) is 4.83. The molecule has 1 aromatic carbocycles. The fourth-order valence-corrected chi connectivity index (χ4v) is 2.00. The van der Waals surface area contributed by atoms with Crippen molar-refractivity contribution in [2.45, 2.75) is 20.4 Å². The number of carboxylic acids is 1. The molecule has 0 unspecified atom stereocenters. The van der Waals surface area contributed by atoms with E-state index in [9.17, 15) is 4.79 Å². The summed E-state index contributed by atoms with van der Waals surface area (Å²) in [4.78, 5) is 10.9. The molecule has 0 fully saturated rings. The molecule has 0 amide bonds. The molecule has 5 heteroatoms. The molecule has 0 saturated carbocycles. The zero-order valence-corrected chi connectivity index (χ0v) is 12.2. The molecule has 2 rings (SSSR count). The highest BCUT2D eigenvalue weighted by Crippen LogP contribution is 2.14. The lowest BCUT2D eigenvalue weighted by molar-refractivity contribution is 0.0695. The quantitative estimate of drug-likeness (QED) is 0.767. The lowest BCUT2D eigenvalue weighted by Gasteiger charge is -2.07. The molecule has 2 N–H and O–H groups in total. The number of aryl methyl sites for hydroxylation is 2. The molecule has 1 heterocycles. The van der Waals surface area contributed by atoms with Crippen LogP contribution in [0.15, 0.2) is 34.7 Å². The average Bonchev–Trinajstić information content (AvgIpc) is 2.80. The van der Waals surface area contributed by atoms with Crippen LogP contribution in [0, 0.1) is 13.8 Å². The van der Waals surface area contributed by atoms with Crippen molar-refractivity contribution in [1.29, 1.82) is 0 Å². The van der Waals surface area contributed by atoms with E-state index in [4.69, 9.17) is 14.3 Å². The Morgan fingerprint density at radius 2 is 2.14 bits per heavy atom. The predicted molar refractivity (Wildman–Crippen MR) is 78.8 cm³/mol. The molecule has 0 spiro atoms. The Kier molecular flexibility index (Phi) is 5.00. The maximum Gasteiger partial charge on any atom is 0.339 e. The van der Waals surface area contributed by atoms with Gasteiger partial charge in [-0.15, -0.1) is 0 Å². The minimum absolute atomic E-state index is 0.211. The maximum atomic E-state index is 10.9. The molecule has 0 aliphatic heterocycles. The summed E-state index contributed by atoms with van der Waals surface area (Å²) in [5.74, 6) is 0.917. The standard InChI is InChI=1S/C16H19NO4/c1-11-4-3-5-13(8-11)20-7-6-17-10-14-9-15(16(18)19)12(2)21-14/h3-5,8-9,17H,6-7,10H2,1-2H3,(H,18,19). The van der Waals surface area contributed by atoms with E-state index < -0.39 is 5.97 Å². The van der Waals surface area contributed by atoms with Gasteiger partial charge in [0, 0.05) is 6.54 Å². The van der Waals surface area contributed by atoms with E-state index in [1.54, 1.807) is 13.0 Å². The highest BCUT2D eigenvalue weighted by molar-refractivity contribution is 5.88. The number of ether oxygens (including phenoxy) is 1. The Hall–Kier alpha value is -2.27. The predicted octanol–water partition coefficient (Wildman–Crippen LogP) is 2.76. The number of benzene rings is 1. The van der Waals surface area contributed by atoms with Crippen molar-refractivity contribution in [2.75, 3.05) is 13.2 Å². The zero-order valence-electron chi connectivity index (χ0n) is 12.2. The van der Waals surface area contributed by atoms with Crippen molar-refractivity contribution >= 4 is 5.97 Å². The SMILES string of the molecule is Cc1cccc(OCCNCc2cc(C(=O)O)c(C)o2)c1. The average molecular weight is 289 g/mol. The Morgan fingerprint density at radius 1 is 1.33 bits per heavy atom. The van der Waals surface area contributed by atoms with Crippen LogP contribution in [0.3, 0.4) is 0 Å². The lowest BCUT2D eigenvalue weighted by Crippen LogP contribution is -2.20. The smallest absolute Gasteiger partial charge is 0.339 e. The topological polar surface area (TPSA) is 71.7 Å². The van der Waals surface area contributed by atoms with Gasteiger partial charge in [-0.1, -0.05) is 12.1 Å². The van der Waals surface area contributed by atoms with Crippen LogP contribution in [0.5, 0.6) is 5.75 Å². The summed E-state index contributed by atoms with van der Waals surface area (Å²) in [6.07, 6.45) is 0. The first kappa shape index (κ1) is 15.1. The van der Waals surface area contributed by atoms with Crippen molar-refractivity contribution in [2.24, 2.45) is 0 Å². The van der Waals surface area contributed by atoms with Crippen LogP contribution in [0.2, 0.25) is 0 Å². The van der Waals surface area contributed by atoms with Crippen molar-refractivity contribution in [3.63, 3.8) is 0 Å². The van der Waals surface area contributed by atoms with E-state index in [-0.39, 0.29) is 5.56 Å². The molecule has 1 aromatic heterocycles. The molecule has 0 aliphatic carbocycles. The summed E-state index contributed by atoms with van der Waals surface area (Å²) in [5.41, 5.74) is 1.37. The van der Waals surface area contributed by atoms with Crippen molar-refractivity contribution < 1.29 is 19.1 Å². The van der Waals surface area contributed by atoms with Gasteiger partial charge in [0.25, 0.3) is 0 Å². The van der Waals surface area contributed by atoms with Crippen LogP contribution in [0.1, 0.15) is 27.4 Å². The van der Waals surface area contributed by atoms with Gasteiger partial charge in [-0.05, 0) is 37.6 Å². The van der Waals surface area contributed by atoms with Crippen LogP contribution >= 0.6 is 0 Å². The summed E-state index contributed by atoms with van der Waals surface area (Å²) in [5, 5.41) is 12.1. The number of hydrogen-bond donors (Lipinski definition) is 2. The van der Waals surface area contributed by atoms with Crippen LogP contribution in [0.25, 0.3) is 0 Å². The minimum Gasteiger partial charge on any atom is -0.492 e. The Labute approximate surface area is 123 Å². The highest BCUT2D eigenvalue weighted by atomic mass is 16.5. The van der Waals surface area contributed by atoms with Gasteiger partial charge >= 0.3 is 5.97 Å². The molecular formula is C16H19NO4. The summed E-state index contributed by atoms with van der Waals surface area (Å²) < 4.78 is 11.0. The summed E-state index contributed by atoms with van der Waals surface area (Å²) in [7, 11) is 0.